The first-order valence-electron chi connectivity index (χ1n) is 7.85. The van der Waals surface area contributed by atoms with Gasteiger partial charge in [0.15, 0.2) is 5.82 Å². The Bertz CT molecular complexity index is 408. The Morgan fingerprint density at radius 2 is 2.10 bits per heavy atom. The molecule has 1 saturated heterocycles. The highest BCUT2D eigenvalue weighted by Crippen LogP contribution is 2.20. The van der Waals surface area contributed by atoms with E-state index in [1.54, 1.807) is 12.4 Å². The molecule has 0 aromatic carbocycles. The maximum Gasteiger partial charge on any atom is 0.234 e. The zero-order valence-electron chi connectivity index (χ0n) is 12.8. The van der Waals surface area contributed by atoms with Gasteiger partial charge in [0.25, 0.3) is 0 Å². The zero-order chi connectivity index (χ0) is 14.9. The highest BCUT2D eigenvalue weighted by Gasteiger charge is 2.21. The Hall–Kier alpha value is -1.40. The van der Waals surface area contributed by atoms with Crippen LogP contribution in [-0.2, 0) is 4.74 Å². The summed E-state index contributed by atoms with van der Waals surface area (Å²) in [4.78, 5) is 11.0. The van der Waals surface area contributed by atoms with Gasteiger partial charge in [0.05, 0.1) is 25.1 Å². The van der Waals surface area contributed by atoms with Crippen LogP contribution in [0.5, 0.6) is 5.88 Å². The highest BCUT2D eigenvalue weighted by molar-refractivity contribution is 5.38. The second-order valence-electron chi connectivity index (χ2n) is 5.26. The number of rotatable bonds is 8. The molecular weight excluding hydrogens is 268 g/mol. The summed E-state index contributed by atoms with van der Waals surface area (Å²) in [6.45, 7) is 6.10. The van der Waals surface area contributed by atoms with Gasteiger partial charge in [-0.25, -0.2) is 0 Å². The number of aromatic nitrogens is 2. The summed E-state index contributed by atoms with van der Waals surface area (Å²) in [5, 5.41) is 0. The highest BCUT2D eigenvalue weighted by atomic mass is 16.5. The predicted molar refractivity (Wildman–Crippen MR) is 82.7 cm³/mol. The molecule has 0 radical (unpaired) electrons. The molecule has 0 atom stereocenters. The quantitative estimate of drug-likeness (QED) is 0.734. The van der Waals surface area contributed by atoms with Gasteiger partial charge in [-0.3, -0.25) is 4.98 Å². The molecule has 2 rings (SSSR count). The van der Waals surface area contributed by atoms with Crippen molar-refractivity contribution >= 4 is 5.82 Å². The number of ether oxygens (including phenoxy) is 2. The molecule has 6 heteroatoms. The average Bonchev–Trinajstić information content (AvgIpc) is 2.54. The van der Waals surface area contributed by atoms with E-state index < -0.39 is 0 Å². The number of piperidine rings is 1. The molecule has 0 saturated carbocycles. The molecule has 1 aromatic rings. The molecule has 1 aromatic heterocycles. The first-order chi connectivity index (χ1) is 10.3. The van der Waals surface area contributed by atoms with E-state index in [2.05, 4.69) is 21.8 Å². The topological polar surface area (TPSA) is 73.5 Å². The summed E-state index contributed by atoms with van der Waals surface area (Å²) in [5.41, 5.74) is 5.48. The lowest BCUT2D eigenvalue weighted by atomic mass is 10.1. The standard InChI is InChI=1S/C15H26N4O2/c1-2-9-21-15-12-17-11-14(18-15)19-7-4-13(5-8-19)20-10-3-6-16/h11-13H,2-10,16H2,1H3. The molecule has 0 bridgehead atoms. The van der Waals surface area contributed by atoms with Gasteiger partial charge < -0.3 is 20.1 Å². The van der Waals surface area contributed by atoms with E-state index in [9.17, 15) is 0 Å². The van der Waals surface area contributed by atoms with Crippen molar-refractivity contribution in [3.8, 4) is 5.88 Å². The van der Waals surface area contributed by atoms with Crippen molar-refractivity contribution in [1.29, 1.82) is 0 Å². The molecule has 118 valence electrons. The molecule has 0 amide bonds. The SMILES string of the molecule is CCCOc1cncc(N2CCC(OCCCN)CC2)n1. The summed E-state index contributed by atoms with van der Waals surface area (Å²) in [5.74, 6) is 1.50. The summed E-state index contributed by atoms with van der Waals surface area (Å²) in [6.07, 6.45) is 7.76. The lowest BCUT2D eigenvalue weighted by Crippen LogP contribution is -2.37. The van der Waals surface area contributed by atoms with E-state index in [1.165, 1.54) is 0 Å². The molecule has 0 spiro atoms. The van der Waals surface area contributed by atoms with E-state index in [4.69, 9.17) is 15.2 Å². The van der Waals surface area contributed by atoms with Crippen molar-refractivity contribution in [3.63, 3.8) is 0 Å². The van der Waals surface area contributed by atoms with E-state index >= 15 is 0 Å². The van der Waals surface area contributed by atoms with Crippen LogP contribution in [0.1, 0.15) is 32.6 Å². The van der Waals surface area contributed by atoms with Crippen molar-refractivity contribution in [2.45, 2.75) is 38.7 Å². The number of hydrogen-bond acceptors (Lipinski definition) is 6. The molecule has 1 fully saturated rings. The van der Waals surface area contributed by atoms with Crippen molar-refractivity contribution in [1.82, 2.24) is 9.97 Å². The van der Waals surface area contributed by atoms with Crippen LogP contribution in [0, 0.1) is 0 Å². The van der Waals surface area contributed by atoms with Crippen LogP contribution in [0.4, 0.5) is 5.82 Å². The lowest BCUT2D eigenvalue weighted by molar-refractivity contribution is 0.0365. The van der Waals surface area contributed by atoms with Crippen LogP contribution >= 0.6 is 0 Å². The normalized spacial score (nSPS) is 16.2. The van der Waals surface area contributed by atoms with Crippen LogP contribution in [0.15, 0.2) is 12.4 Å². The van der Waals surface area contributed by atoms with Gasteiger partial charge >= 0.3 is 0 Å². The minimum absolute atomic E-state index is 0.347. The van der Waals surface area contributed by atoms with Crippen molar-refractivity contribution in [3.05, 3.63) is 12.4 Å². The van der Waals surface area contributed by atoms with Gasteiger partial charge in [0.1, 0.15) is 0 Å². The minimum atomic E-state index is 0.347. The summed E-state index contributed by atoms with van der Waals surface area (Å²) in [7, 11) is 0. The van der Waals surface area contributed by atoms with Gasteiger partial charge in [-0.1, -0.05) is 6.92 Å². The number of hydrogen-bond donors (Lipinski definition) is 1. The van der Waals surface area contributed by atoms with Gasteiger partial charge in [-0.05, 0) is 32.2 Å². The smallest absolute Gasteiger partial charge is 0.234 e. The first-order valence-corrected chi connectivity index (χ1v) is 7.85. The Kier molecular flexibility index (Phi) is 6.69. The first kappa shape index (κ1) is 16.0. The Morgan fingerprint density at radius 1 is 1.29 bits per heavy atom. The van der Waals surface area contributed by atoms with Crippen LogP contribution < -0.4 is 15.4 Å². The Morgan fingerprint density at radius 3 is 2.81 bits per heavy atom. The molecule has 21 heavy (non-hydrogen) atoms. The largest absolute Gasteiger partial charge is 0.477 e. The van der Waals surface area contributed by atoms with Crippen molar-refractivity contribution in [2.75, 3.05) is 37.7 Å². The third kappa shape index (κ3) is 5.13. The predicted octanol–water partition coefficient (Wildman–Crippen LogP) is 1.60. The monoisotopic (exact) mass is 294 g/mol. The lowest BCUT2D eigenvalue weighted by Gasteiger charge is -2.32. The number of nitrogens with two attached hydrogens (primary N) is 1. The second kappa shape index (κ2) is 8.79. The van der Waals surface area contributed by atoms with Gasteiger partial charge in [0.2, 0.25) is 5.88 Å². The zero-order valence-corrected chi connectivity index (χ0v) is 12.8. The summed E-state index contributed by atoms with van der Waals surface area (Å²) in [6, 6.07) is 0. The summed E-state index contributed by atoms with van der Waals surface area (Å²) >= 11 is 0. The molecule has 0 aliphatic carbocycles. The molecular formula is C15H26N4O2. The van der Waals surface area contributed by atoms with Crippen LogP contribution in [0.25, 0.3) is 0 Å². The van der Waals surface area contributed by atoms with E-state index in [0.29, 0.717) is 25.1 Å². The summed E-state index contributed by atoms with van der Waals surface area (Å²) < 4.78 is 11.4. The molecule has 2 heterocycles. The van der Waals surface area contributed by atoms with Gasteiger partial charge in [-0.15, -0.1) is 0 Å². The van der Waals surface area contributed by atoms with Crippen LogP contribution in [0.3, 0.4) is 0 Å². The molecule has 1 aliphatic rings. The fourth-order valence-electron chi connectivity index (χ4n) is 2.35. The maximum atomic E-state index is 5.82. The molecule has 0 unspecified atom stereocenters. The van der Waals surface area contributed by atoms with Crippen molar-refractivity contribution in [2.24, 2.45) is 5.73 Å². The average molecular weight is 294 g/mol. The Labute approximate surface area is 126 Å². The van der Waals surface area contributed by atoms with Crippen LogP contribution in [0.2, 0.25) is 0 Å². The third-order valence-electron chi connectivity index (χ3n) is 3.52. The molecule has 2 N–H and O–H groups in total. The fraction of sp³-hybridized carbons (Fsp3) is 0.733. The Balaban J connectivity index is 1.81. The van der Waals surface area contributed by atoms with E-state index in [0.717, 1.165) is 51.2 Å². The minimum Gasteiger partial charge on any atom is -0.477 e. The molecule has 1 aliphatic heterocycles. The van der Waals surface area contributed by atoms with Crippen LogP contribution in [-0.4, -0.2) is 48.9 Å². The van der Waals surface area contributed by atoms with Crippen molar-refractivity contribution < 1.29 is 9.47 Å². The number of anilines is 1. The van der Waals surface area contributed by atoms with Gasteiger partial charge in [-0.2, -0.15) is 4.98 Å². The van der Waals surface area contributed by atoms with Gasteiger partial charge in [0, 0.05) is 19.7 Å². The fourth-order valence-corrected chi connectivity index (χ4v) is 2.35. The maximum absolute atomic E-state index is 5.82. The molecule has 6 nitrogen and oxygen atoms in total. The van der Waals surface area contributed by atoms with E-state index in [-0.39, 0.29) is 0 Å². The number of nitrogens with zero attached hydrogens (tertiary/aromatic N) is 3. The van der Waals surface area contributed by atoms with E-state index in [1.807, 2.05) is 0 Å². The second-order valence-corrected chi connectivity index (χ2v) is 5.26. The third-order valence-corrected chi connectivity index (χ3v) is 3.52.